The SMILES string of the molecule is CC(C)O[C@H]([C@@H](C)C[C@H]1C[OH+]C(C)(C)O1)[C@H](O)C(C)(O)CC(=O)[C@@H](O)[C@H](OC(C)C)[C@@H](C)C[C@H]1COC(C)(C)O1. The molecule has 0 aromatic rings. The lowest BCUT2D eigenvalue weighted by molar-refractivity contribution is -0.228. The zero-order chi connectivity index (χ0) is 30.6. The maximum atomic E-state index is 13.4. The second-order valence-electron chi connectivity index (χ2n) is 13.6. The average Bonchev–Trinajstić information content (AvgIpc) is 3.33. The van der Waals surface area contributed by atoms with Crippen LogP contribution in [0.1, 0.15) is 95.4 Å². The van der Waals surface area contributed by atoms with Gasteiger partial charge >= 0.3 is 0 Å². The summed E-state index contributed by atoms with van der Waals surface area (Å²) in [7, 11) is 0. The van der Waals surface area contributed by atoms with E-state index in [0.29, 0.717) is 26.1 Å². The number of aliphatic hydroxyl groups is 5. The summed E-state index contributed by atoms with van der Waals surface area (Å²) in [6, 6.07) is 0. The third kappa shape index (κ3) is 10.5. The van der Waals surface area contributed by atoms with Crippen molar-refractivity contribution in [3.8, 4) is 0 Å². The molecule has 0 saturated carbocycles. The maximum Gasteiger partial charge on any atom is 0.269 e. The van der Waals surface area contributed by atoms with E-state index < -0.39 is 53.8 Å². The monoisotopic (exact) mass is 577 g/mol. The molecule has 9 atom stereocenters. The molecule has 2 saturated heterocycles. The molecule has 236 valence electrons. The van der Waals surface area contributed by atoms with Crippen LogP contribution >= 0.6 is 0 Å². The molecule has 0 radical (unpaired) electrons. The van der Waals surface area contributed by atoms with Crippen LogP contribution in [-0.2, 0) is 28.5 Å². The number of rotatable bonds is 16. The van der Waals surface area contributed by atoms with Crippen LogP contribution in [0.2, 0.25) is 0 Å². The highest BCUT2D eigenvalue weighted by Gasteiger charge is 2.46. The summed E-state index contributed by atoms with van der Waals surface area (Å²) in [4.78, 5) is 13.4. The highest BCUT2D eigenvalue weighted by molar-refractivity contribution is 5.84. The summed E-state index contributed by atoms with van der Waals surface area (Å²) in [5.41, 5.74) is -1.86. The Morgan fingerprint density at radius 2 is 1.45 bits per heavy atom. The second kappa shape index (κ2) is 14.2. The molecule has 0 aromatic heterocycles. The summed E-state index contributed by atoms with van der Waals surface area (Å²) >= 11 is 0. The van der Waals surface area contributed by atoms with Gasteiger partial charge in [-0.15, -0.1) is 0 Å². The summed E-state index contributed by atoms with van der Waals surface area (Å²) in [5, 5.41) is 33.9. The molecule has 10 heteroatoms. The molecular formula is C30H57O10+. The van der Waals surface area contributed by atoms with Gasteiger partial charge in [0.15, 0.2) is 18.2 Å². The van der Waals surface area contributed by atoms with Gasteiger partial charge in [-0.2, -0.15) is 0 Å². The van der Waals surface area contributed by atoms with Crippen LogP contribution < -0.4 is 0 Å². The summed E-state index contributed by atoms with van der Waals surface area (Å²) in [6.45, 7) is 21.1. The van der Waals surface area contributed by atoms with Crippen LogP contribution in [0.15, 0.2) is 0 Å². The van der Waals surface area contributed by atoms with E-state index in [9.17, 15) is 20.1 Å². The Kier molecular flexibility index (Phi) is 12.6. The number of carbonyl (C=O) groups excluding carboxylic acids is 1. The van der Waals surface area contributed by atoms with Crippen LogP contribution in [0, 0.1) is 11.8 Å². The molecule has 1 unspecified atom stereocenters. The zero-order valence-corrected chi connectivity index (χ0v) is 26.5. The smallest absolute Gasteiger partial charge is 0.269 e. The Morgan fingerprint density at radius 1 is 0.925 bits per heavy atom. The summed E-state index contributed by atoms with van der Waals surface area (Å²) < 4.78 is 34.1. The van der Waals surface area contributed by atoms with E-state index >= 15 is 0 Å². The standard InChI is InChI=1S/C30H56O10/c1-17(2)37-25(19(5)12-21-15-35-28(7,8)39-21)24(32)23(31)14-30(11,34)27(33)26(38-18(3)4)20(6)13-22-16-36-29(9,10)40-22/h17-22,24-27,32-34H,12-16H2,1-11H3/p+1/t19-,20-,21-,22-,24+,25+,26+,27-,30?/m0/s1. The van der Waals surface area contributed by atoms with Crippen molar-refractivity contribution in [2.75, 3.05) is 13.2 Å². The molecule has 0 aliphatic carbocycles. The molecule has 10 nitrogen and oxygen atoms in total. The number of Topliss-reactive ketones (excluding diaryl/α,β-unsaturated/α-hetero) is 1. The van der Waals surface area contributed by atoms with Gasteiger partial charge in [0.1, 0.15) is 18.3 Å². The van der Waals surface area contributed by atoms with Gasteiger partial charge in [0.2, 0.25) is 0 Å². The van der Waals surface area contributed by atoms with Gasteiger partial charge in [-0.25, -0.2) is 0 Å². The Balaban J connectivity index is 2.11. The minimum atomic E-state index is -1.86. The Bertz CT molecular complexity index is 795. The van der Waals surface area contributed by atoms with Crippen molar-refractivity contribution < 1.29 is 48.5 Å². The van der Waals surface area contributed by atoms with Crippen molar-refractivity contribution in [2.45, 2.75) is 161 Å². The van der Waals surface area contributed by atoms with Crippen molar-refractivity contribution in [1.82, 2.24) is 0 Å². The summed E-state index contributed by atoms with van der Waals surface area (Å²) in [6.07, 6.45) is -4.62. The van der Waals surface area contributed by atoms with Crippen molar-refractivity contribution in [3.05, 3.63) is 0 Å². The molecule has 0 bridgehead atoms. The fourth-order valence-electron chi connectivity index (χ4n) is 5.67. The van der Waals surface area contributed by atoms with Crippen molar-refractivity contribution in [3.63, 3.8) is 0 Å². The lowest BCUT2D eigenvalue weighted by atomic mass is 9.81. The van der Waals surface area contributed by atoms with Crippen LogP contribution in [0.4, 0.5) is 0 Å². The lowest BCUT2D eigenvalue weighted by Gasteiger charge is -2.39. The number of hydrogen-bond donors (Lipinski definition) is 3. The Morgan fingerprint density at radius 3 is 1.93 bits per heavy atom. The number of hydrogen-bond acceptors (Lipinski definition) is 9. The Hall–Kier alpha value is -0.690. The average molecular weight is 578 g/mol. The first-order valence-electron chi connectivity index (χ1n) is 14.8. The molecule has 2 fully saturated rings. The highest BCUT2D eigenvalue weighted by atomic mass is 16.7. The molecular weight excluding hydrogens is 520 g/mol. The number of carbonyl (C=O) groups is 1. The van der Waals surface area contributed by atoms with E-state index in [-0.39, 0.29) is 36.3 Å². The molecule has 4 N–H and O–H groups in total. The third-order valence-corrected chi connectivity index (χ3v) is 7.57. The second-order valence-corrected chi connectivity index (χ2v) is 13.6. The summed E-state index contributed by atoms with van der Waals surface area (Å²) in [5.74, 6) is -2.28. The van der Waals surface area contributed by atoms with E-state index in [2.05, 4.69) is 4.74 Å². The van der Waals surface area contributed by atoms with Gasteiger partial charge in [-0.3, -0.25) is 9.53 Å². The van der Waals surface area contributed by atoms with Gasteiger partial charge in [-0.05, 0) is 73.1 Å². The minimum Gasteiger partial charge on any atom is -0.406 e. The third-order valence-electron chi connectivity index (χ3n) is 7.57. The van der Waals surface area contributed by atoms with Gasteiger partial charge < -0.3 is 39.0 Å². The first-order chi connectivity index (χ1) is 18.2. The van der Waals surface area contributed by atoms with Gasteiger partial charge in [0, 0.05) is 20.3 Å². The maximum absolute atomic E-state index is 13.4. The predicted octanol–water partition coefficient (Wildman–Crippen LogP) is 2.87. The quantitative estimate of drug-likeness (QED) is 0.237. The molecule has 2 aliphatic heterocycles. The van der Waals surface area contributed by atoms with Gasteiger partial charge in [-0.1, -0.05) is 13.8 Å². The normalized spacial score (nSPS) is 28.7. The predicted molar refractivity (Wildman–Crippen MR) is 151 cm³/mol. The van der Waals surface area contributed by atoms with Crippen molar-refractivity contribution in [1.29, 1.82) is 0 Å². The molecule has 40 heavy (non-hydrogen) atoms. The molecule has 2 rings (SSSR count). The molecule has 0 amide bonds. The van der Waals surface area contributed by atoms with Gasteiger partial charge in [0.25, 0.3) is 5.79 Å². The van der Waals surface area contributed by atoms with Crippen LogP contribution in [-0.4, -0.2) is 105 Å². The fourth-order valence-corrected chi connectivity index (χ4v) is 5.67. The fraction of sp³-hybridized carbons (Fsp3) is 0.967. The Labute approximate surface area is 241 Å². The van der Waals surface area contributed by atoms with E-state index in [0.717, 1.165) is 0 Å². The molecule has 2 heterocycles. The molecule has 2 aliphatic rings. The van der Waals surface area contributed by atoms with Crippen LogP contribution in [0.3, 0.4) is 0 Å². The highest BCUT2D eigenvalue weighted by Crippen LogP contribution is 2.33. The van der Waals surface area contributed by atoms with Gasteiger partial charge in [0.05, 0.1) is 42.7 Å². The molecule has 0 spiro atoms. The number of aliphatic hydroxyl groups excluding tert-OH is 2. The minimum absolute atomic E-state index is 0.126. The largest absolute Gasteiger partial charge is 0.406 e. The number of ketones is 1. The number of ether oxygens (including phenoxy) is 6. The molecule has 0 aromatic carbocycles. The van der Waals surface area contributed by atoms with Crippen molar-refractivity contribution >= 4 is 5.78 Å². The zero-order valence-electron chi connectivity index (χ0n) is 26.5. The van der Waals surface area contributed by atoms with E-state index in [1.54, 1.807) is 0 Å². The lowest BCUT2D eigenvalue weighted by Crippen LogP contribution is -2.54. The first-order valence-corrected chi connectivity index (χ1v) is 14.8. The first kappa shape index (κ1) is 35.5. The van der Waals surface area contributed by atoms with E-state index in [1.807, 2.05) is 69.2 Å². The van der Waals surface area contributed by atoms with Crippen LogP contribution in [0.5, 0.6) is 0 Å². The topological polar surface area (TPSA) is 137 Å². The van der Waals surface area contributed by atoms with E-state index in [1.165, 1.54) is 6.92 Å². The van der Waals surface area contributed by atoms with Crippen LogP contribution in [0.25, 0.3) is 0 Å². The van der Waals surface area contributed by atoms with E-state index in [4.69, 9.17) is 23.7 Å². The van der Waals surface area contributed by atoms with Crippen molar-refractivity contribution in [2.24, 2.45) is 11.8 Å².